The van der Waals surface area contributed by atoms with Crippen molar-refractivity contribution in [3.8, 4) is 0 Å². The van der Waals surface area contributed by atoms with Gasteiger partial charge in [0.05, 0.1) is 18.6 Å². The molecule has 3 aliphatic rings. The van der Waals surface area contributed by atoms with E-state index in [2.05, 4.69) is 15.4 Å². The van der Waals surface area contributed by atoms with Crippen molar-refractivity contribution >= 4 is 11.6 Å². The Bertz CT molecular complexity index is 1190. The van der Waals surface area contributed by atoms with Crippen LogP contribution in [-0.4, -0.2) is 61.6 Å². The maximum absolute atomic E-state index is 13.8. The van der Waals surface area contributed by atoms with E-state index >= 15 is 0 Å². The molecule has 0 bridgehead atoms. The highest BCUT2D eigenvalue weighted by molar-refractivity contribution is 6.12. The third kappa shape index (κ3) is 5.03. The molecule has 0 atom stereocenters. The van der Waals surface area contributed by atoms with Crippen molar-refractivity contribution in [3.05, 3.63) is 81.9 Å². The largest absolute Gasteiger partial charge is 0.392 e. The highest BCUT2D eigenvalue weighted by Gasteiger charge is 2.45. The molecule has 36 heavy (non-hydrogen) atoms. The molecular formula is C27H28F3N3O3. The van der Waals surface area contributed by atoms with Crippen molar-refractivity contribution < 1.29 is 27.5 Å². The number of hydrogen-bond acceptors (Lipinski definition) is 5. The number of halogens is 3. The molecule has 5 rings (SSSR count). The SMILES string of the molecule is O=C1CC2=C(CN1)C1(CCN(Cc3ccc(C(=NOCCF)c4ccc(F)c(F)c4)cc3)CC1)OC2. The second kappa shape index (κ2) is 10.4. The number of oxime groups is 1. The van der Waals surface area contributed by atoms with E-state index in [1.54, 1.807) is 0 Å². The van der Waals surface area contributed by atoms with Gasteiger partial charge in [-0.25, -0.2) is 13.2 Å². The summed E-state index contributed by atoms with van der Waals surface area (Å²) in [5.74, 6) is -1.87. The van der Waals surface area contributed by atoms with Gasteiger partial charge in [0, 0.05) is 37.3 Å². The van der Waals surface area contributed by atoms with Crippen LogP contribution in [0.3, 0.4) is 0 Å². The van der Waals surface area contributed by atoms with Gasteiger partial charge in [-0.15, -0.1) is 0 Å². The average Bonchev–Trinajstić information content (AvgIpc) is 3.23. The van der Waals surface area contributed by atoms with Crippen LogP contribution in [0.5, 0.6) is 0 Å². The fourth-order valence-electron chi connectivity index (χ4n) is 5.21. The van der Waals surface area contributed by atoms with Gasteiger partial charge >= 0.3 is 0 Å². The molecule has 1 spiro atoms. The molecule has 1 amide bonds. The molecule has 0 unspecified atom stereocenters. The smallest absolute Gasteiger partial charge is 0.224 e. The number of nitrogens with zero attached hydrogens (tertiary/aromatic N) is 2. The summed E-state index contributed by atoms with van der Waals surface area (Å²) in [4.78, 5) is 19.1. The zero-order chi connectivity index (χ0) is 25.1. The first-order chi connectivity index (χ1) is 17.5. The number of alkyl halides is 1. The van der Waals surface area contributed by atoms with Gasteiger partial charge < -0.3 is 14.9 Å². The first kappa shape index (κ1) is 24.5. The topological polar surface area (TPSA) is 63.2 Å². The number of carbonyl (C=O) groups is 1. The molecule has 6 nitrogen and oxygen atoms in total. The maximum Gasteiger partial charge on any atom is 0.224 e. The third-order valence-electron chi connectivity index (χ3n) is 7.15. The van der Waals surface area contributed by atoms with E-state index in [1.807, 2.05) is 24.3 Å². The van der Waals surface area contributed by atoms with Gasteiger partial charge in [-0.3, -0.25) is 9.69 Å². The van der Waals surface area contributed by atoms with Gasteiger partial charge in [0.2, 0.25) is 5.91 Å². The van der Waals surface area contributed by atoms with Gasteiger partial charge in [0.25, 0.3) is 0 Å². The minimum absolute atomic E-state index is 0.0713. The predicted molar refractivity (Wildman–Crippen MR) is 128 cm³/mol. The van der Waals surface area contributed by atoms with Crippen molar-refractivity contribution in [1.82, 2.24) is 10.2 Å². The number of carbonyl (C=O) groups excluding carboxylic acids is 1. The number of amides is 1. The monoisotopic (exact) mass is 499 g/mol. The van der Waals surface area contributed by atoms with Crippen LogP contribution in [-0.2, 0) is 20.9 Å². The van der Waals surface area contributed by atoms with Crippen molar-refractivity contribution in [2.45, 2.75) is 31.4 Å². The molecule has 3 aliphatic heterocycles. The van der Waals surface area contributed by atoms with Crippen LogP contribution in [0, 0.1) is 11.6 Å². The van der Waals surface area contributed by atoms with Crippen molar-refractivity contribution in [2.75, 3.05) is 39.5 Å². The summed E-state index contributed by atoms with van der Waals surface area (Å²) in [6.07, 6.45) is 2.22. The lowest BCUT2D eigenvalue weighted by Gasteiger charge is -2.41. The van der Waals surface area contributed by atoms with Crippen molar-refractivity contribution in [2.24, 2.45) is 5.16 Å². The predicted octanol–water partition coefficient (Wildman–Crippen LogP) is 3.88. The van der Waals surface area contributed by atoms with E-state index in [1.165, 1.54) is 11.6 Å². The normalized spacial score (nSPS) is 20.0. The van der Waals surface area contributed by atoms with E-state index in [-0.39, 0.29) is 18.1 Å². The summed E-state index contributed by atoms with van der Waals surface area (Å²) in [5.41, 5.74) is 4.56. The molecule has 9 heteroatoms. The molecule has 0 aromatic heterocycles. The Balaban J connectivity index is 1.25. The minimum atomic E-state index is -0.991. The number of ether oxygens (including phenoxy) is 1. The highest BCUT2D eigenvalue weighted by Crippen LogP contribution is 2.42. The van der Waals surface area contributed by atoms with E-state index < -0.39 is 18.3 Å². The molecule has 0 radical (unpaired) electrons. The fourth-order valence-corrected chi connectivity index (χ4v) is 5.21. The quantitative estimate of drug-likeness (QED) is 0.272. The molecule has 0 saturated carbocycles. The Morgan fingerprint density at radius 1 is 1.08 bits per heavy atom. The average molecular weight is 500 g/mol. The van der Waals surface area contributed by atoms with E-state index in [9.17, 15) is 18.0 Å². The Kier molecular flexibility index (Phi) is 7.11. The van der Waals surface area contributed by atoms with Gasteiger partial charge in [-0.2, -0.15) is 0 Å². The highest BCUT2D eigenvalue weighted by atomic mass is 19.2. The van der Waals surface area contributed by atoms with Crippen LogP contribution >= 0.6 is 0 Å². The maximum atomic E-state index is 13.8. The summed E-state index contributed by atoms with van der Waals surface area (Å²) >= 11 is 0. The lowest BCUT2D eigenvalue weighted by Crippen LogP contribution is -2.47. The number of hydrogen-bond donors (Lipinski definition) is 1. The second-order valence-corrected chi connectivity index (χ2v) is 9.38. The Labute approximate surface area is 207 Å². The van der Waals surface area contributed by atoms with Gasteiger partial charge in [0.15, 0.2) is 11.6 Å². The Morgan fingerprint density at radius 2 is 1.83 bits per heavy atom. The lowest BCUT2D eigenvalue weighted by atomic mass is 9.81. The van der Waals surface area contributed by atoms with Gasteiger partial charge in [-0.1, -0.05) is 29.4 Å². The summed E-state index contributed by atoms with van der Waals surface area (Å²) in [6.45, 7) is 2.73. The van der Waals surface area contributed by atoms with Gasteiger partial charge in [0.1, 0.15) is 19.0 Å². The molecule has 3 heterocycles. The number of rotatable bonds is 7. The molecule has 2 aromatic rings. The Morgan fingerprint density at radius 3 is 2.56 bits per heavy atom. The minimum Gasteiger partial charge on any atom is -0.392 e. The first-order valence-corrected chi connectivity index (χ1v) is 12.1. The molecule has 2 aromatic carbocycles. The number of fused-ring (bicyclic) bond motifs is 1. The zero-order valence-corrected chi connectivity index (χ0v) is 19.9. The molecular weight excluding hydrogens is 471 g/mol. The molecule has 0 aliphatic carbocycles. The number of likely N-dealkylation sites (tertiary alicyclic amines) is 1. The van der Waals surface area contributed by atoms with Crippen LogP contribution in [0.4, 0.5) is 13.2 Å². The van der Waals surface area contributed by atoms with E-state index in [4.69, 9.17) is 9.57 Å². The first-order valence-electron chi connectivity index (χ1n) is 12.1. The Hall–Kier alpha value is -3.17. The number of nitrogens with one attached hydrogen (secondary N) is 1. The van der Waals surface area contributed by atoms with E-state index in [0.29, 0.717) is 36.4 Å². The molecule has 1 N–H and O–H groups in total. The fraction of sp³-hybridized carbons (Fsp3) is 0.407. The van der Waals surface area contributed by atoms with Crippen LogP contribution in [0.15, 0.2) is 58.8 Å². The summed E-state index contributed by atoms with van der Waals surface area (Å²) in [7, 11) is 0. The summed E-state index contributed by atoms with van der Waals surface area (Å²) in [5, 5.41) is 6.94. The van der Waals surface area contributed by atoms with Gasteiger partial charge in [-0.05, 0) is 47.8 Å². The number of piperidine rings is 1. The van der Waals surface area contributed by atoms with E-state index in [0.717, 1.165) is 55.7 Å². The summed E-state index contributed by atoms with van der Waals surface area (Å²) < 4.78 is 46.0. The van der Waals surface area contributed by atoms with Crippen molar-refractivity contribution in [3.63, 3.8) is 0 Å². The second-order valence-electron chi connectivity index (χ2n) is 9.38. The van der Waals surface area contributed by atoms with Crippen LogP contribution in [0.25, 0.3) is 0 Å². The third-order valence-corrected chi connectivity index (χ3v) is 7.15. The summed E-state index contributed by atoms with van der Waals surface area (Å²) in [6, 6.07) is 11.1. The van der Waals surface area contributed by atoms with Crippen LogP contribution < -0.4 is 5.32 Å². The van der Waals surface area contributed by atoms with Crippen LogP contribution in [0.1, 0.15) is 36.0 Å². The molecule has 1 fully saturated rings. The van der Waals surface area contributed by atoms with Crippen molar-refractivity contribution in [1.29, 1.82) is 0 Å². The number of benzene rings is 2. The standard InChI is InChI=1S/C27H28F3N3O3/c28-9-12-36-32-26(20-5-6-23(29)24(30)13-20)19-3-1-18(2-4-19)16-33-10-7-27(8-11-33)22-15-31-25(34)14-21(22)17-35-27/h1-6,13H,7-12,14-17H2,(H,31,34). The molecule has 1 saturated heterocycles. The lowest BCUT2D eigenvalue weighted by molar-refractivity contribution is -0.120. The van der Waals surface area contributed by atoms with Crippen LogP contribution in [0.2, 0.25) is 0 Å². The molecule has 190 valence electrons. The zero-order valence-electron chi connectivity index (χ0n) is 19.9.